The molecule has 4 rings (SSSR count). The zero-order valence-corrected chi connectivity index (χ0v) is 18.4. The molecule has 0 bridgehead atoms. The van der Waals surface area contributed by atoms with Gasteiger partial charge in [0.1, 0.15) is 11.5 Å². The van der Waals surface area contributed by atoms with Crippen molar-refractivity contribution in [1.29, 1.82) is 0 Å². The first-order valence-corrected chi connectivity index (χ1v) is 10.6. The Hall–Kier alpha value is -3.89. The van der Waals surface area contributed by atoms with E-state index >= 15 is 0 Å². The van der Waals surface area contributed by atoms with E-state index in [0.717, 1.165) is 0 Å². The Morgan fingerprint density at radius 1 is 1.29 bits per heavy atom. The third-order valence-corrected chi connectivity index (χ3v) is 5.68. The average Bonchev–Trinajstić information content (AvgIpc) is 3.20. The maximum Gasteiger partial charge on any atom is 0.258 e. The molecule has 9 nitrogen and oxygen atoms in total. The van der Waals surface area contributed by atoms with Crippen molar-refractivity contribution < 1.29 is 19.0 Å². The molecule has 2 aromatic carbocycles. The summed E-state index contributed by atoms with van der Waals surface area (Å²) in [7, 11) is 1.56. The van der Waals surface area contributed by atoms with Gasteiger partial charge in [0.2, 0.25) is 0 Å². The van der Waals surface area contributed by atoms with Crippen LogP contribution in [0.3, 0.4) is 0 Å². The topological polar surface area (TPSA) is 133 Å². The molecule has 34 heavy (non-hydrogen) atoms. The van der Waals surface area contributed by atoms with Crippen LogP contribution in [0.25, 0.3) is 10.9 Å². The maximum atomic E-state index is 13.6. The zero-order chi connectivity index (χ0) is 24.2. The van der Waals surface area contributed by atoms with Crippen LogP contribution in [0, 0.1) is 5.82 Å². The van der Waals surface area contributed by atoms with Gasteiger partial charge in [0.25, 0.3) is 11.5 Å². The number of rotatable bonds is 6. The van der Waals surface area contributed by atoms with Crippen molar-refractivity contribution in [3.8, 4) is 0 Å². The predicted octanol–water partition coefficient (Wildman–Crippen LogP) is 1.95. The third kappa shape index (κ3) is 4.87. The van der Waals surface area contributed by atoms with E-state index in [1.807, 2.05) is 0 Å². The molecule has 10 heteroatoms. The molecule has 0 radical (unpaired) electrons. The molecule has 0 aliphatic carbocycles. The van der Waals surface area contributed by atoms with Gasteiger partial charge in [-0.15, -0.1) is 0 Å². The number of likely N-dealkylation sites (tertiary alicyclic amines) is 1. The van der Waals surface area contributed by atoms with Crippen molar-refractivity contribution in [2.45, 2.75) is 18.6 Å². The number of aliphatic hydroxyl groups excluding tert-OH is 1. The van der Waals surface area contributed by atoms with Crippen molar-refractivity contribution in [2.75, 3.05) is 20.3 Å². The highest BCUT2D eigenvalue weighted by Gasteiger charge is 2.34. The number of benzene rings is 2. The number of H-pyrrole nitrogens is 1. The number of pyridine rings is 1. The van der Waals surface area contributed by atoms with Gasteiger partial charge in [-0.3, -0.25) is 14.6 Å². The number of hydrogen-bond donors (Lipinski definition) is 3. The average molecular weight is 465 g/mol. The Labute approximate surface area is 194 Å². The van der Waals surface area contributed by atoms with Crippen LogP contribution in [-0.4, -0.2) is 65.2 Å². The van der Waals surface area contributed by atoms with Crippen molar-refractivity contribution in [3.63, 3.8) is 0 Å². The van der Waals surface area contributed by atoms with E-state index in [4.69, 9.17) is 10.6 Å². The number of β-amino-alcohol motifs (C(OH)–C–C–N with tert-alkyl or cyclic N) is 1. The summed E-state index contributed by atoms with van der Waals surface area (Å²) in [4.78, 5) is 33.9. The van der Waals surface area contributed by atoms with Crippen molar-refractivity contribution >= 4 is 34.4 Å². The number of nitrogens with zero attached hydrogens (tertiary/aromatic N) is 3. The first-order chi connectivity index (χ1) is 16.4. The van der Waals surface area contributed by atoms with E-state index < -0.39 is 17.5 Å². The number of aliphatic imine (C=N–C) groups is 1. The Bertz CT molecular complexity index is 1320. The van der Waals surface area contributed by atoms with Gasteiger partial charge in [-0.25, -0.2) is 4.39 Å². The molecule has 1 aromatic heterocycles. The highest BCUT2D eigenvalue weighted by atomic mass is 19.1. The minimum atomic E-state index is -0.573. The number of aromatic nitrogens is 1. The van der Waals surface area contributed by atoms with E-state index in [1.54, 1.807) is 36.3 Å². The van der Waals surface area contributed by atoms with Gasteiger partial charge in [-0.1, -0.05) is 0 Å². The summed E-state index contributed by atoms with van der Waals surface area (Å²) in [6, 6.07) is 11.9. The van der Waals surface area contributed by atoms with Gasteiger partial charge in [-0.05, 0) is 55.0 Å². The molecule has 1 amide bonds. The molecule has 1 fully saturated rings. The lowest BCUT2D eigenvalue weighted by Crippen LogP contribution is -2.38. The molecule has 0 saturated carbocycles. The van der Waals surface area contributed by atoms with Crippen LogP contribution < -0.4 is 11.4 Å². The lowest BCUT2D eigenvalue weighted by molar-refractivity contribution is 0.0622. The number of aromatic amines is 1. The van der Waals surface area contributed by atoms with E-state index in [0.29, 0.717) is 35.2 Å². The van der Waals surface area contributed by atoms with E-state index in [-0.39, 0.29) is 29.8 Å². The molecular weight excluding hydrogens is 441 g/mol. The summed E-state index contributed by atoms with van der Waals surface area (Å²) in [5, 5.41) is 14.1. The second kappa shape index (κ2) is 9.94. The van der Waals surface area contributed by atoms with Gasteiger partial charge >= 0.3 is 0 Å². The minimum absolute atomic E-state index is 0.112. The fraction of sp³-hybridized carbons (Fsp3) is 0.250. The molecule has 1 saturated heterocycles. The fourth-order valence-corrected chi connectivity index (χ4v) is 4.02. The number of carbonyl (C=O) groups is 1. The molecule has 4 N–H and O–H groups in total. The minimum Gasteiger partial charge on any atom is -0.391 e. The van der Waals surface area contributed by atoms with Gasteiger partial charge in [-0.2, -0.15) is 5.10 Å². The molecule has 1 aliphatic heterocycles. The van der Waals surface area contributed by atoms with Crippen LogP contribution in [0.1, 0.15) is 22.3 Å². The molecule has 0 unspecified atom stereocenters. The summed E-state index contributed by atoms with van der Waals surface area (Å²) >= 11 is 0. The summed E-state index contributed by atoms with van der Waals surface area (Å²) in [6.45, 7) is 0.611. The normalized spacial score (nSPS) is 18.8. The quantitative estimate of drug-likeness (QED) is 0.291. The van der Waals surface area contributed by atoms with Crippen LogP contribution >= 0.6 is 0 Å². The number of nitrogens with two attached hydrogens (primary N) is 1. The van der Waals surface area contributed by atoms with Gasteiger partial charge in [0, 0.05) is 30.1 Å². The summed E-state index contributed by atoms with van der Waals surface area (Å²) in [5.41, 5.74) is 1.27. The molecule has 2 heterocycles. The predicted molar refractivity (Wildman–Crippen MR) is 127 cm³/mol. The zero-order valence-electron chi connectivity index (χ0n) is 18.4. The number of hydrogen-bond acceptors (Lipinski definition) is 7. The second-order valence-corrected chi connectivity index (χ2v) is 8.02. The lowest BCUT2D eigenvalue weighted by atomic mass is 10.1. The second-order valence-electron chi connectivity index (χ2n) is 8.02. The number of hydrazone groups is 1. The van der Waals surface area contributed by atoms with Gasteiger partial charge in [0.05, 0.1) is 36.2 Å². The van der Waals surface area contributed by atoms with Crippen molar-refractivity contribution in [3.05, 3.63) is 75.8 Å². The van der Waals surface area contributed by atoms with Crippen LogP contribution in [0.2, 0.25) is 0 Å². The van der Waals surface area contributed by atoms with Crippen LogP contribution in [-0.2, 0) is 4.74 Å². The Kier molecular flexibility index (Phi) is 6.80. The number of aliphatic hydroxyl groups is 1. The molecule has 0 spiro atoms. The highest BCUT2D eigenvalue weighted by molar-refractivity contribution is 6.38. The number of ether oxygens (including phenoxy) is 1. The number of carbonyl (C=O) groups excluding carboxylic acids is 1. The first kappa shape index (κ1) is 23.3. The lowest BCUT2D eigenvalue weighted by Gasteiger charge is -2.23. The Balaban J connectivity index is 1.53. The number of halogens is 1. The SMILES string of the molecule is COC[C@@H]1C[C@@H](O)CN1C(=O)c1ccc(N=CC(=NN)c2cc3cc(F)ccc3[nH]c2=O)cc1. The summed E-state index contributed by atoms with van der Waals surface area (Å²) in [6.07, 6.45) is 1.23. The molecule has 3 aromatic rings. The fourth-order valence-electron chi connectivity index (χ4n) is 4.02. The Morgan fingerprint density at radius 3 is 2.76 bits per heavy atom. The van der Waals surface area contributed by atoms with Gasteiger partial charge < -0.3 is 25.6 Å². The maximum absolute atomic E-state index is 13.6. The van der Waals surface area contributed by atoms with Crippen LogP contribution in [0.5, 0.6) is 0 Å². The number of nitrogens with one attached hydrogen (secondary N) is 1. The number of amides is 1. The van der Waals surface area contributed by atoms with E-state index in [1.165, 1.54) is 30.5 Å². The number of fused-ring (bicyclic) bond motifs is 1. The number of methoxy groups -OCH3 is 1. The Morgan fingerprint density at radius 2 is 2.06 bits per heavy atom. The first-order valence-electron chi connectivity index (χ1n) is 10.6. The van der Waals surface area contributed by atoms with Crippen LogP contribution in [0.15, 0.2) is 63.4 Å². The summed E-state index contributed by atoms with van der Waals surface area (Å²) in [5.74, 6) is 4.85. The van der Waals surface area contributed by atoms with Crippen molar-refractivity contribution in [2.24, 2.45) is 15.9 Å². The van der Waals surface area contributed by atoms with Gasteiger partial charge in [0.15, 0.2) is 0 Å². The largest absolute Gasteiger partial charge is 0.391 e. The monoisotopic (exact) mass is 465 g/mol. The third-order valence-electron chi connectivity index (χ3n) is 5.68. The van der Waals surface area contributed by atoms with E-state index in [2.05, 4.69) is 15.1 Å². The molecule has 176 valence electrons. The van der Waals surface area contributed by atoms with E-state index in [9.17, 15) is 19.1 Å². The molecule has 1 aliphatic rings. The van der Waals surface area contributed by atoms with Crippen molar-refractivity contribution in [1.82, 2.24) is 9.88 Å². The van der Waals surface area contributed by atoms with Crippen LogP contribution in [0.4, 0.5) is 10.1 Å². The smallest absolute Gasteiger partial charge is 0.258 e. The summed E-state index contributed by atoms with van der Waals surface area (Å²) < 4.78 is 18.7. The molecular formula is C24H24FN5O4. The molecule has 2 atom stereocenters. The standard InChI is InChI=1S/C24H24FN5O4/c1-34-13-18-10-19(31)12-30(18)24(33)14-2-5-17(6-3-14)27-11-22(29-26)20-9-15-8-16(25)4-7-21(15)28-23(20)32/h2-9,11,18-19,31H,10,12-13,26H2,1H3,(H,28,32)/t18-,19+/m0/s1. The highest BCUT2D eigenvalue weighted by Crippen LogP contribution is 2.22.